The molecular formula is C9H11F3N2O3. The van der Waals surface area contributed by atoms with Gasteiger partial charge in [-0.25, -0.2) is 0 Å². The lowest BCUT2D eigenvalue weighted by Gasteiger charge is -2.10. The van der Waals surface area contributed by atoms with Gasteiger partial charge in [0.25, 0.3) is 11.8 Å². The van der Waals surface area contributed by atoms with Gasteiger partial charge in [0.05, 0.1) is 0 Å². The summed E-state index contributed by atoms with van der Waals surface area (Å²) in [5.74, 6) is -2.29. The van der Waals surface area contributed by atoms with Crippen LogP contribution in [0.1, 0.15) is 0 Å². The number of carbonyl (C=O) groups is 2. The summed E-state index contributed by atoms with van der Waals surface area (Å²) in [4.78, 5) is 22.6. The molecule has 3 N–H and O–H groups in total. The van der Waals surface area contributed by atoms with Crippen molar-refractivity contribution < 1.29 is 27.9 Å². The Morgan fingerprint density at radius 3 is 1.94 bits per heavy atom. The van der Waals surface area contributed by atoms with Crippen molar-refractivity contribution in [2.45, 2.75) is 6.18 Å². The van der Waals surface area contributed by atoms with E-state index < -0.39 is 11.9 Å². The van der Waals surface area contributed by atoms with Crippen molar-refractivity contribution in [2.75, 3.05) is 13.1 Å². The van der Waals surface area contributed by atoms with E-state index in [0.29, 0.717) is 13.1 Å². The lowest BCUT2D eigenvalue weighted by molar-refractivity contribution is -0.136. The molecule has 0 aromatic carbocycles. The van der Waals surface area contributed by atoms with Gasteiger partial charge in [0, 0.05) is 25.2 Å². The second kappa shape index (κ2) is 6.04. The summed E-state index contributed by atoms with van der Waals surface area (Å²) in [5.41, 5.74) is 5.16. The van der Waals surface area contributed by atoms with Crippen molar-refractivity contribution in [2.24, 2.45) is 5.73 Å². The van der Waals surface area contributed by atoms with Crippen LogP contribution in [0.15, 0.2) is 24.5 Å². The average molecular weight is 252 g/mol. The molecule has 1 heterocycles. The fourth-order valence-electron chi connectivity index (χ4n) is 0.781. The number of allylic oxidation sites excluding steroid dienone is 1. The molecule has 0 saturated heterocycles. The van der Waals surface area contributed by atoms with E-state index in [4.69, 9.17) is 10.8 Å². The Morgan fingerprint density at radius 2 is 1.71 bits per heavy atom. The molecule has 0 radical (unpaired) electrons. The molecule has 0 spiro atoms. The first-order valence-electron chi connectivity index (χ1n) is 4.38. The van der Waals surface area contributed by atoms with E-state index in [1.807, 2.05) is 0 Å². The molecule has 2 amide bonds. The monoisotopic (exact) mass is 252 g/mol. The molecule has 96 valence electrons. The molecule has 1 rings (SSSR count). The Balaban J connectivity index is 0.000000325. The van der Waals surface area contributed by atoms with Crippen LogP contribution >= 0.6 is 0 Å². The molecule has 0 atom stereocenters. The highest BCUT2D eigenvalue weighted by Gasteiger charge is 2.31. The molecule has 0 bridgehead atoms. The predicted molar refractivity (Wildman–Crippen MR) is 52.7 cm³/mol. The van der Waals surface area contributed by atoms with Crippen LogP contribution in [-0.2, 0) is 9.59 Å². The van der Waals surface area contributed by atoms with Crippen LogP contribution in [-0.4, -0.2) is 41.1 Å². The number of rotatable bonds is 2. The number of nitrogens with two attached hydrogens (primary N) is 1. The first kappa shape index (κ1) is 15.2. The van der Waals surface area contributed by atoms with Crippen LogP contribution in [0, 0.1) is 0 Å². The number of aliphatic hydroxyl groups is 1. The van der Waals surface area contributed by atoms with Crippen LogP contribution in [0.4, 0.5) is 13.2 Å². The number of imide groups is 1. The zero-order valence-corrected chi connectivity index (χ0v) is 8.70. The normalized spacial score (nSPS) is 14.7. The number of hydrogen-bond donors (Lipinski definition) is 2. The molecule has 0 aromatic heterocycles. The van der Waals surface area contributed by atoms with E-state index in [0.717, 1.165) is 4.90 Å². The van der Waals surface area contributed by atoms with E-state index in [2.05, 4.69) is 6.58 Å². The largest absolute Gasteiger partial charge is 0.505 e. The van der Waals surface area contributed by atoms with Gasteiger partial charge in [-0.05, 0) is 0 Å². The lowest BCUT2D eigenvalue weighted by Crippen LogP contribution is -2.34. The van der Waals surface area contributed by atoms with E-state index >= 15 is 0 Å². The number of amides is 2. The fourth-order valence-corrected chi connectivity index (χ4v) is 0.781. The molecule has 17 heavy (non-hydrogen) atoms. The Bertz CT molecular complexity index is 332. The van der Waals surface area contributed by atoms with Crippen molar-refractivity contribution in [3.8, 4) is 0 Å². The standard InChI is InChI=1S/C6H8N2O2.C3H3F3O/c7-3-4-8-5(9)1-2-6(8)10;1-2(7)3(4,5)6/h1-2H,3-4,7H2;7H,1H2. The Morgan fingerprint density at radius 1 is 1.35 bits per heavy atom. The summed E-state index contributed by atoms with van der Waals surface area (Å²) in [6.45, 7) is 2.89. The first-order valence-corrected chi connectivity index (χ1v) is 4.38. The van der Waals surface area contributed by atoms with E-state index in [1.165, 1.54) is 12.2 Å². The van der Waals surface area contributed by atoms with Gasteiger partial charge in [-0.15, -0.1) is 0 Å². The summed E-state index contributed by atoms with van der Waals surface area (Å²) in [5, 5.41) is 7.57. The van der Waals surface area contributed by atoms with Crippen molar-refractivity contribution in [1.29, 1.82) is 0 Å². The van der Waals surface area contributed by atoms with Gasteiger partial charge >= 0.3 is 6.18 Å². The van der Waals surface area contributed by atoms with Crippen LogP contribution in [0.5, 0.6) is 0 Å². The van der Waals surface area contributed by atoms with Crippen molar-refractivity contribution >= 4 is 11.8 Å². The maximum atomic E-state index is 10.8. The third-order valence-electron chi connectivity index (χ3n) is 1.58. The second-order valence-corrected chi connectivity index (χ2v) is 2.89. The summed E-state index contributed by atoms with van der Waals surface area (Å²) in [6, 6.07) is 0. The van der Waals surface area contributed by atoms with Gasteiger partial charge in [0.15, 0.2) is 5.76 Å². The topological polar surface area (TPSA) is 83.6 Å². The zero-order chi connectivity index (χ0) is 13.6. The average Bonchev–Trinajstić information content (AvgIpc) is 2.49. The molecule has 1 aliphatic heterocycles. The smallest absolute Gasteiger partial charge is 0.448 e. The van der Waals surface area contributed by atoms with Crippen LogP contribution < -0.4 is 5.73 Å². The molecule has 8 heteroatoms. The summed E-state index contributed by atoms with van der Waals surface area (Å²) in [6.07, 6.45) is -2.14. The molecule has 0 fully saturated rings. The Hall–Kier alpha value is -1.83. The quantitative estimate of drug-likeness (QED) is 0.553. The molecule has 0 unspecified atom stereocenters. The molecule has 1 aliphatic rings. The molecule has 0 saturated carbocycles. The highest BCUT2D eigenvalue weighted by Crippen LogP contribution is 2.20. The second-order valence-electron chi connectivity index (χ2n) is 2.89. The van der Waals surface area contributed by atoms with Crippen LogP contribution in [0.2, 0.25) is 0 Å². The van der Waals surface area contributed by atoms with Crippen molar-refractivity contribution in [1.82, 2.24) is 4.90 Å². The van der Waals surface area contributed by atoms with Gasteiger partial charge in [0.2, 0.25) is 0 Å². The maximum Gasteiger partial charge on any atom is 0.448 e. The molecule has 0 aromatic rings. The third kappa shape index (κ3) is 5.16. The van der Waals surface area contributed by atoms with E-state index in [9.17, 15) is 22.8 Å². The summed E-state index contributed by atoms with van der Waals surface area (Å²) >= 11 is 0. The minimum absolute atomic E-state index is 0.268. The number of alkyl halides is 3. The number of nitrogens with zero attached hydrogens (tertiary/aromatic N) is 1. The van der Waals surface area contributed by atoms with Crippen molar-refractivity contribution in [3.05, 3.63) is 24.5 Å². The van der Waals surface area contributed by atoms with E-state index in [1.54, 1.807) is 0 Å². The van der Waals surface area contributed by atoms with E-state index in [-0.39, 0.29) is 11.8 Å². The SMILES string of the molecule is C=C(O)C(F)(F)F.NCCN1C(=O)C=CC1=O. The first-order chi connectivity index (χ1) is 7.70. The zero-order valence-electron chi connectivity index (χ0n) is 8.70. The number of hydrogen-bond acceptors (Lipinski definition) is 4. The Labute approximate surface area is 95.0 Å². The molecular weight excluding hydrogens is 241 g/mol. The molecule has 5 nitrogen and oxygen atoms in total. The lowest BCUT2D eigenvalue weighted by atomic mass is 10.5. The van der Waals surface area contributed by atoms with Gasteiger partial charge in [-0.3, -0.25) is 14.5 Å². The summed E-state index contributed by atoms with van der Waals surface area (Å²) < 4.78 is 32.5. The third-order valence-corrected chi connectivity index (χ3v) is 1.58. The minimum Gasteiger partial charge on any atom is -0.505 e. The van der Waals surface area contributed by atoms with Crippen molar-refractivity contribution in [3.63, 3.8) is 0 Å². The van der Waals surface area contributed by atoms with Gasteiger partial charge in [-0.2, -0.15) is 13.2 Å². The number of carbonyl (C=O) groups excluding carboxylic acids is 2. The summed E-state index contributed by atoms with van der Waals surface area (Å²) in [7, 11) is 0. The van der Waals surface area contributed by atoms with Gasteiger partial charge in [-0.1, -0.05) is 6.58 Å². The van der Waals surface area contributed by atoms with Crippen LogP contribution in [0.3, 0.4) is 0 Å². The van der Waals surface area contributed by atoms with Gasteiger partial charge in [0.1, 0.15) is 0 Å². The van der Waals surface area contributed by atoms with Crippen LogP contribution in [0.25, 0.3) is 0 Å². The minimum atomic E-state index is -4.64. The Kier molecular flexibility index (Phi) is 5.39. The van der Waals surface area contributed by atoms with Gasteiger partial charge < -0.3 is 10.8 Å². The highest BCUT2D eigenvalue weighted by atomic mass is 19.4. The fraction of sp³-hybridized carbons (Fsp3) is 0.333. The number of aliphatic hydroxyl groups excluding tert-OH is 1. The number of halogens is 3. The highest BCUT2D eigenvalue weighted by molar-refractivity contribution is 6.12. The predicted octanol–water partition coefficient (Wildman–Crippen LogP) is 0.491. The molecule has 0 aliphatic carbocycles. The maximum absolute atomic E-state index is 10.8.